The number of nitrogens with zero attached hydrogens (tertiary/aromatic N) is 1. The lowest BCUT2D eigenvalue weighted by atomic mass is 10.1. The summed E-state index contributed by atoms with van der Waals surface area (Å²) in [5, 5.41) is 1.50. The summed E-state index contributed by atoms with van der Waals surface area (Å²) in [7, 11) is 0. The minimum absolute atomic E-state index is 0.302. The summed E-state index contributed by atoms with van der Waals surface area (Å²) in [5.74, 6) is 0. The molecule has 2 nitrogen and oxygen atoms in total. The van der Waals surface area contributed by atoms with Crippen molar-refractivity contribution in [2.45, 2.75) is 6.92 Å². The summed E-state index contributed by atoms with van der Waals surface area (Å²) >= 11 is 18.0. The molecular formula is C11H6Cl3NO. The van der Waals surface area contributed by atoms with Crippen molar-refractivity contribution in [1.82, 2.24) is 4.98 Å². The van der Waals surface area contributed by atoms with Crippen LogP contribution in [0.4, 0.5) is 0 Å². The molecule has 0 fully saturated rings. The van der Waals surface area contributed by atoms with E-state index in [2.05, 4.69) is 4.98 Å². The van der Waals surface area contributed by atoms with Crippen LogP contribution in [0.2, 0.25) is 15.1 Å². The van der Waals surface area contributed by atoms with Crippen LogP contribution in [0.15, 0.2) is 12.1 Å². The Labute approximate surface area is 107 Å². The van der Waals surface area contributed by atoms with Crippen LogP contribution in [-0.4, -0.2) is 11.3 Å². The first-order chi connectivity index (χ1) is 7.54. The zero-order valence-electron chi connectivity index (χ0n) is 8.22. The van der Waals surface area contributed by atoms with Crippen LogP contribution in [0.25, 0.3) is 10.9 Å². The van der Waals surface area contributed by atoms with Crippen molar-refractivity contribution < 1.29 is 4.79 Å². The average molecular weight is 275 g/mol. The number of fused-ring (bicyclic) bond motifs is 1. The molecule has 0 amide bonds. The maximum Gasteiger partial charge on any atom is 0.150 e. The van der Waals surface area contributed by atoms with Gasteiger partial charge in [-0.05, 0) is 19.1 Å². The Morgan fingerprint density at radius 2 is 1.88 bits per heavy atom. The van der Waals surface area contributed by atoms with E-state index in [0.717, 1.165) is 6.29 Å². The van der Waals surface area contributed by atoms with Crippen LogP contribution in [0.3, 0.4) is 0 Å². The summed E-state index contributed by atoms with van der Waals surface area (Å²) in [4.78, 5) is 15.2. The number of halogens is 3. The molecule has 82 valence electrons. The van der Waals surface area contributed by atoms with Crippen molar-refractivity contribution in [2.24, 2.45) is 0 Å². The third kappa shape index (κ3) is 1.77. The number of aldehydes is 1. The van der Waals surface area contributed by atoms with Crippen molar-refractivity contribution in [3.8, 4) is 0 Å². The molecule has 0 atom stereocenters. The molecule has 2 aromatic rings. The lowest BCUT2D eigenvalue weighted by Gasteiger charge is -2.07. The third-order valence-electron chi connectivity index (χ3n) is 2.21. The molecule has 2 rings (SSSR count). The Morgan fingerprint density at radius 3 is 2.50 bits per heavy atom. The fraction of sp³-hybridized carbons (Fsp3) is 0.0909. The first kappa shape index (κ1) is 11.6. The highest BCUT2D eigenvalue weighted by molar-refractivity contribution is 6.48. The normalized spacial score (nSPS) is 10.8. The fourth-order valence-corrected chi connectivity index (χ4v) is 2.32. The van der Waals surface area contributed by atoms with Gasteiger partial charge in [-0.25, -0.2) is 0 Å². The van der Waals surface area contributed by atoms with Gasteiger partial charge in [0.1, 0.15) is 0 Å². The molecule has 1 heterocycles. The number of carbonyl (C=O) groups excluding carboxylic acids is 1. The van der Waals surface area contributed by atoms with E-state index in [1.54, 1.807) is 13.0 Å². The molecule has 0 unspecified atom stereocenters. The van der Waals surface area contributed by atoms with Crippen molar-refractivity contribution >= 4 is 52.0 Å². The smallest absolute Gasteiger partial charge is 0.150 e. The molecule has 0 aliphatic carbocycles. The first-order valence-electron chi connectivity index (χ1n) is 4.44. The summed E-state index contributed by atoms with van der Waals surface area (Å²) in [6.07, 6.45) is 0.718. The lowest BCUT2D eigenvalue weighted by Crippen LogP contribution is -1.92. The Morgan fingerprint density at radius 1 is 1.19 bits per heavy atom. The van der Waals surface area contributed by atoms with Crippen LogP contribution >= 0.6 is 34.8 Å². The second kappa shape index (κ2) is 4.21. The number of aryl methyl sites for hydroxylation is 1. The molecule has 5 heteroatoms. The van der Waals surface area contributed by atoms with Crippen LogP contribution < -0.4 is 0 Å². The van der Waals surface area contributed by atoms with Gasteiger partial charge in [-0.3, -0.25) is 9.78 Å². The van der Waals surface area contributed by atoms with E-state index in [0.29, 0.717) is 37.2 Å². The lowest BCUT2D eigenvalue weighted by molar-refractivity contribution is 0.112. The highest BCUT2D eigenvalue weighted by Gasteiger charge is 2.13. The zero-order chi connectivity index (χ0) is 11.9. The molecule has 0 N–H and O–H groups in total. The number of benzene rings is 1. The predicted molar refractivity (Wildman–Crippen MR) is 66.9 cm³/mol. The Kier molecular flexibility index (Phi) is 3.06. The van der Waals surface area contributed by atoms with Gasteiger partial charge < -0.3 is 0 Å². The average Bonchev–Trinajstić information content (AvgIpc) is 2.25. The van der Waals surface area contributed by atoms with E-state index in [-0.39, 0.29) is 0 Å². The largest absolute Gasteiger partial charge is 0.298 e. The van der Waals surface area contributed by atoms with E-state index in [9.17, 15) is 4.79 Å². The monoisotopic (exact) mass is 273 g/mol. The van der Waals surface area contributed by atoms with Gasteiger partial charge in [0.2, 0.25) is 0 Å². The second-order valence-electron chi connectivity index (χ2n) is 3.35. The van der Waals surface area contributed by atoms with Crippen molar-refractivity contribution in [3.63, 3.8) is 0 Å². The third-order valence-corrected chi connectivity index (χ3v) is 3.29. The highest BCUT2D eigenvalue weighted by Crippen LogP contribution is 2.36. The van der Waals surface area contributed by atoms with Gasteiger partial charge in [0, 0.05) is 16.6 Å². The van der Waals surface area contributed by atoms with E-state index in [1.165, 1.54) is 6.07 Å². The van der Waals surface area contributed by atoms with Gasteiger partial charge in [0.05, 0.1) is 20.6 Å². The topological polar surface area (TPSA) is 30.0 Å². The highest BCUT2D eigenvalue weighted by atomic mass is 35.5. The predicted octanol–water partition coefficient (Wildman–Crippen LogP) is 4.32. The molecule has 16 heavy (non-hydrogen) atoms. The molecule has 0 saturated heterocycles. The number of rotatable bonds is 1. The standard InChI is InChI=1S/C11H6Cl3NO/c1-5-2-6(4-16)9-10(14)7(12)3-8(13)11(9)15-5/h2-4H,1H3. The summed E-state index contributed by atoms with van der Waals surface area (Å²) in [6.45, 7) is 1.78. The van der Waals surface area contributed by atoms with Crippen LogP contribution in [0.5, 0.6) is 0 Å². The Balaban J connectivity index is 3.05. The summed E-state index contributed by atoms with van der Waals surface area (Å²) in [5.41, 5.74) is 1.64. The number of aromatic nitrogens is 1. The molecule has 1 aromatic carbocycles. The molecule has 0 saturated carbocycles. The number of pyridine rings is 1. The minimum atomic E-state index is 0.302. The number of hydrogen-bond donors (Lipinski definition) is 0. The Bertz CT molecular complexity index is 596. The number of hydrogen-bond acceptors (Lipinski definition) is 2. The first-order valence-corrected chi connectivity index (χ1v) is 5.58. The Hall–Kier alpha value is -0.830. The van der Waals surface area contributed by atoms with Gasteiger partial charge in [-0.2, -0.15) is 0 Å². The fourth-order valence-electron chi connectivity index (χ4n) is 1.56. The second-order valence-corrected chi connectivity index (χ2v) is 4.54. The van der Waals surface area contributed by atoms with Crippen molar-refractivity contribution in [3.05, 3.63) is 38.5 Å². The summed E-state index contributed by atoms with van der Waals surface area (Å²) in [6, 6.07) is 3.17. The summed E-state index contributed by atoms with van der Waals surface area (Å²) < 4.78 is 0. The van der Waals surface area contributed by atoms with Crippen molar-refractivity contribution in [1.29, 1.82) is 0 Å². The molecule has 0 radical (unpaired) electrons. The SMILES string of the molecule is Cc1cc(C=O)c2c(Cl)c(Cl)cc(Cl)c2n1. The van der Waals surface area contributed by atoms with Gasteiger partial charge in [0.25, 0.3) is 0 Å². The molecule has 0 spiro atoms. The molecule has 0 aliphatic rings. The van der Waals surface area contributed by atoms with Crippen LogP contribution in [0.1, 0.15) is 16.1 Å². The van der Waals surface area contributed by atoms with E-state index in [4.69, 9.17) is 34.8 Å². The maximum absolute atomic E-state index is 11.0. The zero-order valence-corrected chi connectivity index (χ0v) is 10.5. The van der Waals surface area contributed by atoms with Crippen LogP contribution in [-0.2, 0) is 0 Å². The van der Waals surface area contributed by atoms with Crippen molar-refractivity contribution in [2.75, 3.05) is 0 Å². The van der Waals surface area contributed by atoms with Crippen LogP contribution in [0, 0.1) is 6.92 Å². The van der Waals surface area contributed by atoms with E-state index >= 15 is 0 Å². The molecule has 1 aromatic heterocycles. The molecule has 0 aliphatic heterocycles. The minimum Gasteiger partial charge on any atom is -0.298 e. The quantitative estimate of drug-likeness (QED) is 0.573. The maximum atomic E-state index is 11.0. The van der Waals surface area contributed by atoms with E-state index < -0.39 is 0 Å². The molecule has 0 bridgehead atoms. The number of carbonyl (C=O) groups is 1. The van der Waals surface area contributed by atoms with Gasteiger partial charge in [-0.15, -0.1) is 0 Å². The van der Waals surface area contributed by atoms with Gasteiger partial charge >= 0.3 is 0 Å². The molecular weight excluding hydrogens is 268 g/mol. The van der Waals surface area contributed by atoms with Gasteiger partial charge in [-0.1, -0.05) is 34.8 Å². The van der Waals surface area contributed by atoms with E-state index in [1.807, 2.05) is 0 Å². The van der Waals surface area contributed by atoms with Gasteiger partial charge in [0.15, 0.2) is 6.29 Å².